The Balaban J connectivity index is 0.000001000. The van der Waals surface area contributed by atoms with Crippen molar-refractivity contribution in [1.82, 2.24) is 0 Å². The summed E-state index contributed by atoms with van der Waals surface area (Å²) in [4.78, 5) is 15.0. The molecule has 1 aliphatic rings. The van der Waals surface area contributed by atoms with Crippen molar-refractivity contribution < 1.29 is 9.63 Å². The van der Waals surface area contributed by atoms with Gasteiger partial charge in [-0.25, -0.2) is 0 Å². The van der Waals surface area contributed by atoms with Gasteiger partial charge in [0.1, 0.15) is 0 Å². The van der Waals surface area contributed by atoms with Crippen molar-refractivity contribution in [2.75, 3.05) is 0 Å². The van der Waals surface area contributed by atoms with Gasteiger partial charge < -0.3 is 4.84 Å². The van der Waals surface area contributed by atoms with E-state index in [9.17, 15) is 4.79 Å². The Morgan fingerprint density at radius 3 is 2.27 bits per heavy atom. The third-order valence-electron chi connectivity index (χ3n) is 2.05. The highest BCUT2D eigenvalue weighted by Crippen LogP contribution is 2.23. The standard InChI is InChI=1S/C7H13NO2.ClH/c8-10-7(9)6-4-2-1-3-5-6;/h6H,1-5,8H2;1H. The van der Waals surface area contributed by atoms with Gasteiger partial charge in [0.05, 0.1) is 5.92 Å². The summed E-state index contributed by atoms with van der Waals surface area (Å²) in [5.41, 5.74) is 0. The summed E-state index contributed by atoms with van der Waals surface area (Å²) in [6.07, 6.45) is 5.43. The summed E-state index contributed by atoms with van der Waals surface area (Å²) >= 11 is 0. The summed E-state index contributed by atoms with van der Waals surface area (Å²) in [5.74, 6) is 4.60. The van der Waals surface area contributed by atoms with Crippen LogP contribution in [0.25, 0.3) is 0 Å². The Morgan fingerprint density at radius 1 is 1.27 bits per heavy atom. The van der Waals surface area contributed by atoms with Crippen molar-refractivity contribution in [2.24, 2.45) is 11.8 Å². The van der Waals surface area contributed by atoms with Crippen LogP contribution in [0.15, 0.2) is 0 Å². The van der Waals surface area contributed by atoms with Gasteiger partial charge >= 0.3 is 5.97 Å². The lowest BCUT2D eigenvalue weighted by Gasteiger charge is -2.17. The molecule has 2 N–H and O–H groups in total. The summed E-state index contributed by atoms with van der Waals surface area (Å²) in [6, 6.07) is 0. The molecule has 0 unspecified atom stereocenters. The molecular formula is C7H14ClNO2. The van der Waals surface area contributed by atoms with Gasteiger partial charge in [-0.15, -0.1) is 12.4 Å². The summed E-state index contributed by atoms with van der Waals surface area (Å²) in [7, 11) is 0. The minimum atomic E-state index is -0.236. The monoisotopic (exact) mass is 179 g/mol. The van der Waals surface area contributed by atoms with Gasteiger partial charge in [-0.05, 0) is 12.8 Å². The highest BCUT2D eigenvalue weighted by molar-refractivity contribution is 5.85. The highest BCUT2D eigenvalue weighted by atomic mass is 35.5. The molecule has 0 aromatic rings. The molecule has 0 aromatic carbocycles. The fourth-order valence-electron chi connectivity index (χ4n) is 1.43. The van der Waals surface area contributed by atoms with Gasteiger partial charge in [-0.1, -0.05) is 19.3 Å². The first-order valence-corrected chi connectivity index (χ1v) is 3.75. The van der Waals surface area contributed by atoms with E-state index in [1.54, 1.807) is 0 Å². The maximum Gasteiger partial charge on any atom is 0.327 e. The zero-order valence-electron chi connectivity index (χ0n) is 6.41. The zero-order valence-corrected chi connectivity index (χ0v) is 7.23. The highest BCUT2D eigenvalue weighted by Gasteiger charge is 2.21. The first-order valence-electron chi connectivity index (χ1n) is 3.75. The van der Waals surface area contributed by atoms with Gasteiger partial charge in [-0.2, -0.15) is 5.90 Å². The van der Waals surface area contributed by atoms with E-state index in [4.69, 9.17) is 5.90 Å². The average Bonchev–Trinajstić information content (AvgIpc) is 2.05. The first kappa shape index (κ1) is 10.7. The van der Waals surface area contributed by atoms with Crippen LogP contribution in [0.3, 0.4) is 0 Å². The molecule has 1 rings (SSSR count). The molecule has 0 heterocycles. The van der Waals surface area contributed by atoms with Crippen LogP contribution in [-0.2, 0) is 9.63 Å². The van der Waals surface area contributed by atoms with Gasteiger partial charge in [0.25, 0.3) is 0 Å². The fourth-order valence-corrected chi connectivity index (χ4v) is 1.43. The van der Waals surface area contributed by atoms with Crippen molar-refractivity contribution in [2.45, 2.75) is 32.1 Å². The van der Waals surface area contributed by atoms with Crippen molar-refractivity contribution in [3.05, 3.63) is 0 Å². The van der Waals surface area contributed by atoms with Crippen LogP contribution in [0.1, 0.15) is 32.1 Å². The van der Waals surface area contributed by atoms with E-state index in [1.807, 2.05) is 0 Å². The molecule has 0 radical (unpaired) electrons. The molecule has 0 spiro atoms. The molecule has 66 valence electrons. The Bertz CT molecular complexity index is 124. The number of nitrogens with two attached hydrogens (primary N) is 1. The van der Waals surface area contributed by atoms with Gasteiger partial charge in [0.15, 0.2) is 0 Å². The van der Waals surface area contributed by atoms with Gasteiger partial charge in [0.2, 0.25) is 0 Å². The SMILES string of the molecule is Cl.NOC(=O)C1CCCCC1. The lowest BCUT2D eigenvalue weighted by Crippen LogP contribution is -2.22. The maximum atomic E-state index is 10.8. The zero-order chi connectivity index (χ0) is 7.40. The van der Waals surface area contributed by atoms with Crippen molar-refractivity contribution >= 4 is 18.4 Å². The number of carbonyl (C=O) groups excluding carboxylic acids is 1. The predicted octanol–water partition coefficient (Wildman–Crippen LogP) is 1.41. The average molecular weight is 180 g/mol. The second kappa shape index (κ2) is 5.38. The molecule has 0 saturated heterocycles. The summed E-state index contributed by atoms with van der Waals surface area (Å²) < 4.78 is 0. The smallest absolute Gasteiger partial charge is 0.327 e. The molecule has 1 saturated carbocycles. The first-order chi connectivity index (χ1) is 4.84. The molecule has 4 heteroatoms. The number of carbonyl (C=O) groups is 1. The lowest BCUT2D eigenvalue weighted by atomic mass is 9.89. The van der Waals surface area contributed by atoms with Gasteiger partial charge in [-0.3, -0.25) is 4.79 Å². The predicted molar refractivity (Wildman–Crippen MR) is 44.1 cm³/mol. The molecule has 1 fully saturated rings. The molecule has 3 nitrogen and oxygen atoms in total. The summed E-state index contributed by atoms with van der Waals surface area (Å²) in [6.45, 7) is 0. The van der Waals surface area contributed by atoms with Crippen LogP contribution in [-0.4, -0.2) is 5.97 Å². The molecule has 0 amide bonds. The van der Waals surface area contributed by atoms with Crippen molar-refractivity contribution in [3.8, 4) is 0 Å². The van der Waals surface area contributed by atoms with Crippen molar-refractivity contribution in [1.29, 1.82) is 0 Å². The Morgan fingerprint density at radius 2 is 1.82 bits per heavy atom. The molecule has 1 aliphatic carbocycles. The van der Waals surface area contributed by atoms with E-state index in [0.29, 0.717) is 0 Å². The molecule has 11 heavy (non-hydrogen) atoms. The topological polar surface area (TPSA) is 52.3 Å². The van der Waals surface area contributed by atoms with Crippen LogP contribution >= 0.6 is 12.4 Å². The molecule has 0 aromatic heterocycles. The van der Waals surface area contributed by atoms with E-state index in [0.717, 1.165) is 25.7 Å². The fraction of sp³-hybridized carbons (Fsp3) is 0.857. The van der Waals surface area contributed by atoms with Crippen LogP contribution in [0.2, 0.25) is 0 Å². The molecular weight excluding hydrogens is 166 g/mol. The Kier molecular flexibility index (Phi) is 5.24. The maximum absolute atomic E-state index is 10.8. The minimum absolute atomic E-state index is 0. The lowest BCUT2D eigenvalue weighted by molar-refractivity contribution is -0.150. The molecule has 0 atom stereocenters. The second-order valence-electron chi connectivity index (χ2n) is 2.77. The second-order valence-corrected chi connectivity index (χ2v) is 2.77. The van der Waals surface area contributed by atoms with Crippen LogP contribution < -0.4 is 5.90 Å². The van der Waals surface area contributed by atoms with E-state index in [2.05, 4.69) is 4.84 Å². The van der Waals surface area contributed by atoms with Crippen molar-refractivity contribution in [3.63, 3.8) is 0 Å². The molecule has 0 aliphatic heterocycles. The van der Waals surface area contributed by atoms with Crippen LogP contribution in [0, 0.1) is 5.92 Å². The van der Waals surface area contributed by atoms with Gasteiger partial charge in [0, 0.05) is 0 Å². The Hall–Kier alpha value is -0.280. The normalized spacial score (nSPS) is 18.6. The number of rotatable bonds is 1. The quantitative estimate of drug-likeness (QED) is 0.620. The molecule has 0 bridgehead atoms. The number of hydrogen-bond acceptors (Lipinski definition) is 3. The Labute approximate surface area is 72.6 Å². The third kappa shape index (κ3) is 3.08. The van der Waals surface area contributed by atoms with Crippen LogP contribution in [0.5, 0.6) is 0 Å². The van der Waals surface area contributed by atoms with Crippen LogP contribution in [0.4, 0.5) is 0 Å². The number of hydrogen-bond donors (Lipinski definition) is 1. The minimum Gasteiger partial charge on any atom is -0.373 e. The van der Waals surface area contributed by atoms with E-state index in [1.165, 1.54) is 6.42 Å². The van der Waals surface area contributed by atoms with E-state index < -0.39 is 0 Å². The number of halogens is 1. The van der Waals surface area contributed by atoms with E-state index in [-0.39, 0.29) is 24.3 Å². The third-order valence-corrected chi connectivity index (χ3v) is 2.05. The summed E-state index contributed by atoms with van der Waals surface area (Å²) in [5, 5.41) is 0. The largest absolute Gasteiger partial charge is 0.373 e. The van der Waals surface area contributed by atoms with E-state index >= 15 is 0 Å².